The molecule has 0 unspecified atom stereocenters. The molecule has 0 spiro atoms. The van der Waals surface area contributed by atoms with E-state index in [1.807, 2.05) is 60.7 Å². The van der Waals surface area contributed by atoms with Gasteiger partial charge in [0.25, 0.3) is 0 Å². The predicted octanol–water partition coefficient (Wildman–Crippen LogP) is 22.8. The molecule has 104 heavy (non-hydrogen) atoms. The van der Waals surface area contributed by atoms with Gasteiger partial charge >= 0.3 is 0 Å². The van der Waals surface area contributed by atoms with Gasteiger partial charge in [-0.1, -0.05) is 285 Å². The molecule has 10 nitrogen and oxygen atoms in total. The first-order valence-electron chi connectivity index (χ1n) is 35.0. The third-order valence-electron chi connectivity index (χ3n) is 20.2. The highest BCUT2D eigenvalue weighted by Gasteiger charge is 2.24. The third-order valence-corrected chi connectivity index (χ3v) is 20.2. The number of hydrogen-bond donors (Lipinski definition) is 4. The number of nitrogens with zero attached hydrogens (tertiary/aromatic N) is 6. The van der Waals surface area contributed by atoms with Crippen LogP contribution in [0.3, 0.4) is 0 Å². The molecule has 4 aromatic heterocycles. The van der Waals surface area contributed by atoms with Gasteiger partial charge in [-0.3, -0.25) is 31.0 Å². The Morgan fingerprint density at radius 3 is 1.03 bits per heavy atom. The van der Waals surface area contributed by atoms with Gasteiger partial charge in [0.05, 0.1) is 44.1 Å². The van der Waals surface area contributed by atoms with Crippen molar-refractivity contribution in [1.29, 1.82) is 10.8 Å². The molecule has 0 atom stereocenters. The van der Waals surface area contributed by atoms with Crippen LogP contribution in [0.25, 0.3) is 143 Å². The summed E-state index contributed by atoms with van der Waals surface area (Å²) >= 11 is 0. The number of nitrogens with one attached hydrogen (secondary N) is 4. The Hall–Kier alpha value is -14.2. The lowest BCUT2D eigenvalue weighted by Gasteiger charge is -2.16. The molecular weight excluding hydrogens is 1270 g/mol. The van der Waals surface area contributed by atoms with Crippen molar-refractivity contribution in [3.05, 3.63) is 386 Å². The zero-order valence-electron chi connectivity index (χ0n) is 56.3. The molecule has 0 saturated heterocycles. The second kappa shape index (κ2) is 25.5. The lowest BCUT2D eigenvalue weighted by Crippen LogP contribution is -2.25. The van der Waals surface area contributed by atoms with Crippen LogP contribution in [0.1, 0.15) is 22.3 Å². The molecule has 0 radical (unpaired) electrons. The first-order chi connectivity index (χ1) is 51.4. The minimum absolute atomic E-state index is 0.115. The van der Waals surface area contributed by atoms with Crippen LogP contribution in [0.4, 0.5) is 0 Å². The quantitative estimate of drug-likeness (QED) is 0.0721. The summed E-state index contributed by atoms with van der Waals surface area (Å²) in [5.41, 5.74) is 29.6. The number of hydrogen-bond acceptors (Lipinski definition) is 2. The van der Waals surface area contributed by atoms with Gasteiger partial charge < -0.3 is 9.13 Å². The third kappa shape index (κ3) is 10.6. The molecule has 0 amide bonds. The van der Waals surface area contributed by atoms with Crippen molar-refractivity contribution >= 4 is 111 Å². The van der Waals surface area contributed by atoms with Gasteiger partial charge in [0.2, 0.25) is 0 Å². The lowest BCUT2D eigenvalue weighted by molar-refractivity contribution is 1.08. The molecule has 490 valence electrons. The molecule has 0 aliphatic rings. The highest BCUT2D eigenvalue weighted by atomic mass is 15.4. The number of fused-ring (bicyclic) bond motifs is 14. The van der Waals surface area contributed by atoms with Crippen molar-refractivity contribution < 1.29 is 0 Å². The summed E-state index contributed by atoms with van der Waals surface area (Å²) in [7, 11) is 0. The van der Waals surface area contributed by atoms with E-state index in [2.05, 4.69) is 333 Å². The number of aliphatic imine (C=N–C) groups is 2. The molecule has 10 heteroatoms. The first kappa shape index (κ1) is 60.9. The Labute approximate surface area is 599 Å². The van der Waals surface area contributed by atoms with Gasteiger partial charge in [0.15, 0.2) is 23.3 Å². The minimum Gasteiger partial charge on any atom is -0.309 e. The van der Waals surface area contributed by atoms with Crippen LogP contribution in [0.15, 0.2) is 374 Å². The summed E-state index contributed by atoms with van der Waals surface area (Å²) < 4.78 is 9.03. The van der Waals surface area contributed by atoms with Crippen molar-refractivity contribution in [2.24, 2.45) is 9.98 Å². The molecule has 4 N–H and O–H groups in total. The zero-order valence-corrected chi connectivity index (χ0v) is 56.3. The van der Waals surface area contributed by atoms with Gasteiger partial charge in [-0.25, -0.2) is 9.98 Å². The zero-order chi connectivity index (χ0) is 69.2. The van der Waals surface area contributed by atoms with Gasteiger partial charge in [0, 0.05) is 76.7 Å². The highest BCUT2D eigenvalue weighted by molar-refractivity contribution is 6.28. The van der Waals surface area contributed by atoms with E-state index in [0.717, 1.165) is 138 Å². The second-order valence-corrected chi connectivity index (χ2v) is 26.3. The molecule has 0 fully saturated rings. The van der Waals surface area contributed by atoms with Crippen LogP contribution in [0.5, 0.6) is 0 Å². The maximum atomic E-state index is 9.86. The summed E-state index contributed by atoms with van der Waals surface area (Å²) in [6.45, 7) is 0. The SMILES string of the molecule is N=C(/N=C(\Nn1c2ccccc2c2c1ccc1c3ccccc3n(-c3ccccc3)c12)c1ccccc1)c1ccc(-c2cccc(-c3ccc(/C(=N/C(=N)c4cccc(-c5cccc(-c6ccccc6)c5)c4)Nn4c5ccccc5c5c4ccc4c6ccccc6n(-c6ccccc6)c45)cc3)c2)cc1. The summed E-state index contributed by atoms with van der Waals surface area (Å²) in [5, 5.41) is 28.6. The number of rotatable bonds is 12. The standard InChI is InChI=1S/C94H64N10/c95-91(97-93(65-26-7-2-8-27-65)99-103-83-44-19-15-40-79(83)87-85(103)56-54-77-75-38-13-17-42-81(75)101(89(77)87)73-34-9-3-10-35-73)64-50-46-62(47-51-64)68-29-21-30-69(58-68)63-48-52-66(53-49-63)94(98-92(96)72-33-23-32-71(60-72)70-31-22-28-67(59-70)61-24-5-1-6-25-61)100-104-84-45-20-16-41-80(84)88-86(104)57-55-78-76-39-14-18-43-82(76)102(90(78)88)74-36-11-4-12-37-74/h1-60H,(H2,95,97,99)(H2,96,98,100). The van der Waals surface area contributed by atoms with Crippen LogP contribution in [0, 0.1) is 10.8 Å². The Bertz CT molecular complexity index is 6660. The summed E-state index contributed by atoms with van der Waals surface area (Å²) in [4.78, 5) is 10.4. The van der Waals surface area contributed by atoms with Crippen molar-refractivity contribution in [3.8, 4) is 55.9 Å². The second-order valence-electron chi connectivity index (χ2n) is 26.3. The van der Waals surface area contributed by atoms with Crippen molar-refractivity contribution in [1.82, 2.24) is 18.5 Å². The Balaban J connectivity index is 0.656. The van der Waals surface area contributed by atoms with Crippen LogP contribution < -0.4 is 10.9 Å². The van der Waals surface area contributed by atoms with Crippen molar-refractivity contribution in [2.75, 3.05) is 10.9 Å². The fraction of sp³-hybridized carbons (Fsp3) is 0. The van der Waals surface area contributed by atoms with E-state index < -0.39 is 0 Å². The van der Waals surface area contributed by atoms with E-state index in [1.54, 1.807) is 0 Å². The molecule has 0 aliphatic carbocycles. The van der Waals surface area contributed by atoms with Crippen molar-refractivity contribution in [2.45, 2.75) is 0 Å². The summed E-state index contributed by atoms with van der Waals surface area (Å²) in [6, 6.07) is 127. The largest absolute Gasteiger partial charge is 0.309 e. The van der Waals surface area contributed by atoms with E-state index >= 15 is 0 Å². The predicted molar refractivity (Wildman–Crippen MR) is 434 cm³/mol. The average molecular weight is 1330 g/mol. The molecule has 19 aromatic rings. The first-order valence-corrected chi connectivity index (χ1v) is 35.0. The monoisotopic (exact) mass is 1330 g/mol. The van der Waals surface area contributed by atoms with Crippen molar-refractivity contribution in [3.63, 3.8) is 0 Å². The molecule has 0 saturated carbocycles. The Kier molecular flexibility index (Phi) is 14.9. The molecular formula is C94H64N10. The van der Waals surface area contributed by atoms with E-state index in [0.29, 0.717) is 22.8 Å². The van der Waals surface area contributed by atoms with E-state index in [4.69, 9.17) is 9.98 Å². The lowest BCUT2D eigenvalue weighted by atomic mass is 9.97. The van der Waals surface area contributed by atoms with Crippen LogP contribution in [0.2, 0.25) is 0 Å². The topological polar surface area (TPSA) is 116 Å². The van der Waals surface area contributed by atoms with E-state index in [9.17, 15) is 10.8 Å². The molecule has 4 heterocycles. The number of para-hydroxylation sites is 6. The van der Waals surface area contributed by atoms with Gasteiger partial charge in [-0.2, -0.15) is 0 Å². The summed E-state index contributed by atoms with van der Waals surface area (Å²) in [5.74, 6) is 1.29. The van der Waals surface area contributed by atoms with Crippen LogP contribution in [-0.4, -0.2) is 41.8 Å². The smallest absolute Gasteiger partial charge is 0.154 e. The fourth-order valence-corrected chi connectivity index (χ4v) is 15.3. The Morgan fingerprint density at radius 2 is 0.558 bits per heavy atom. The highest BCUT2D eigenvalue weighted by Crippen LogP contribution is 2.43. The molecule has 0 aliphatic heterocycles. The number of benzene rings is 15. The van der Waals surface area contributed by atoms with E-state index in [-0.39, 0.29) is 11.7 Å². The molecule has 15 aromatic carbocycles. The van der Waals surface area contributed by atoms with Gasteiger partial charge in [0.1, 0.15) is 0 Å². The normalized spacial score (nSPS) is 12.0. The minimum atomic E-state index is 0.115. The maximum absolute atomic E-state index is 9.86. The maximum Gasteiger partial charge on any atom is 0.154 e. The molecule has 0 bridgehead atoms. The van der Waals surface area contributed by atoms with E-state index in [1.165, 1.54) is 16.2 Å². The van der Waals surface area contributed by atoms with Gasteiger partial charge in [-0.05, 0) is 123 Å². The molecule has 19 rings (SSSR count). The van der Waals surface area contributed by atoms with Crippen LogP contribution in [-0.2, 0) is 0 Å². The Morgan fingerprint density at radius 1 is 0.231 bits per heavy atom. The summed E-state index contributed by atoms with van der Waals surface area (Å²) in [6.07, 6.45) is 0. The fourth-order valence-electron chi connectivity index (χ4n) is 15.3. The van der Waals surface area contributed by atoms with Crippen LogP contribution >= 0.6 is 0 Å². The average Bonchev–Trinajstić information content (AvgIpc) is 1.56. The van der Waals surface area contributed by atoms with Gasteiger partial charge in [-0.15, -0.1) is 0 Å². The number of aromatic nitrogens is 4. The number of amidine groups is 4.